The molecule has 1 unspecified atom stereocenters. The number of fused-ring (bicyclic) bond motifs is 1. The number of nitrogens with zero attached hydrogens (tertiary/aromatic N) is 1. The second-order valence-corrected chi connectivity index (χ2v) is 4.75. The van der Waals surface area contributed by atoms with E-state index in [1.54, 1.807) is 22.9 Å². The minimum atomic E-state index is 0.0215. The third-order valence-corrected chi connectivity index (χ3v) is 3.26. The molecule has 0 spiro atoms. The van der Waals surface area contributed by atoms with Crippen molar-refractivity contribution in [2.75, 3.05) is 0 Å². The van der Waals surface area contributed by atoms with Crippen molar-refractivity contribution in [1.82, 2.24) is 4.57 Å². The van der Waals surface area contributed by atoms with Gasteiger partial charge in [0.25, 0.3) is 5.56 Å². The van der Waals surface area contributed by atoms with Gasteiger partial charge in [0.2, 0.25) is 0 Å². The van der Waals surface area contributed by atoms with E-state index in [1.807, 2.05) is 12.1 Å². The fraction of sp³-hybridized carbons (Fsp3) is 0.267. The van der Waals surface area contributed by atoms with Gasteiger partial charge >= 0.3 is 0 Å². The highest BCUT2D eigenvalue weighted by Crippen LogP contribution is 2.29. The number of hydrogen-bond acceptors (Lipinski definition) is 2. The van der Waals surface area contributed by atoms with Crippen LogP contribution in [0, 0.1) is 6.92 Å². The summed E-state index contributed by atoms with van der Waals surface area (Å²) < 4.78 is 7.56. The molecule has 1 aromatic heterocycles. The molecule has 0 radical (unpaired) electrons. The molecule has 2 aromatic rings. The summed E-state index contributed by atoms with van der Waals surface area (Å²) in [4.78, 5) is 11.6. The molecular formula is C15H15NO2. The zero-order valence-electron chi connectivity index (χ0n) is 10.3. The van der Waals surface area contributed by atoms with Gasteiger partial charge in [-0.3, -0.25) is 4.79 Å². The van der Waals surface area contributed by atoms with E-state index < -0.39 is 0 Å². The van der Waals surface area contributed by atoms with Crippen molar-refractivity contribution in [2.24, 2.45) is 0 Å². The van der Waals surface area contributed by atoms with Crippen molar-refractivity contribution in [1.29, 1.82) is 0 Å². The van der Waals surface area contributed by atoms with E-state index in [1.165, 1.54) is 11.1 Å². The van der Waals surface area contributed by atoms with Crippen LogP contribution in [0.3, 0.4) is 0 Å². The molecule has 3 rings (SSSR count). The molecule has 3 nitrogen and oxygen atoms in total. The minimum absolute atomic E-state index is 0.0215. The van der Waals surface area contributed by atoms with Crippen molar-refractivity contribution in [3.8, 4) is 5.75 Å². The number of ether oxygens (including phenoxy) is 1. The van der Waals surface area contributed by atoms with Crippen molar-refractivity contribution < 1.29 is 4.74 Å². The molecule has 0 amide bonds. The summed E-state index contributed by atoms with van der Waals surface area (Å²) in [6.07, 6.45) is 2.74. The first-order chi connectivity index (χ1) is 8.72. The van der Waals surface area contributed by atoms with E-state index >= 15 is 0 Å². The van der Waals surface area contributed by atoms with Crippen LogP contribution in [0.4, 0.5) is 0 Å². The third kappa shape index (κ3) is 2.04. The highest BCUT2D eigenvalue weighted by Gasteiger charge is 2.23. The molecule has 3 heteroatoms. The molecular weight excluding hydrogens is 226 g/mol. The molecule has 1 atom stereocenters. The Morgan fingerprint density at radius 2 is 2.22 bits per heavy atom. The Hall–Kier alpha value is -2.03. The molecule has 92 valence electrons. The lowest BCUT2D eigenvalue weighted by molar-refractivity contribution is 0.207. The van der Waals surface area contributed by atoms with Gasteiger partial charge in [-0.15, -0.1) is 0 Å². The quantitative estimate of drug-likeness (QED) is 0.806. The molecule has 0 saturated heterocycles. The van der Waals surface area contributed by atoms with Crippen molar-refractivity contribution in [2.45, 2.75) is 26.0 Å². The normalized spacial score (nSPS) is 17.3. The topological polar surface area (TPSA) is 31.2 Å². The number of hydrogen-bond donors (Lipinski definition) is 0. The Kier molecular flexibility index (Phi) is 2.67. The van der Waals surface area contributed by atoms with Crippen LogP contribution in [-0.4, -0.2) is 10.7 Å². The van der Waals surface area contributed by atoms with Crippen molar-refractivity contribution in [3.63, 3.8) is 0 Å². The molecule has 0 bridgehead atoms. The zero-order valence-corrected chi connectivity index (χ0v) is 10.3. The van der Waals surface area contributed by atoms with Gasteiger partial charge < -0.3 is 9.30 Å². The van der Waals surface area contributed by atoms with Gasteiger partial charge in [0.05, 0.1) is 6.54 Å². The molecule has 0 N–H and O–H groups in total. The number of aromatic nitrogens is 1. The number of pyridine rings is 1. The first kappa shape index (κ1) is 11.1. The summed E-state index contributed by atoms with van der Waals surface area (Å²) in [6, 6.07) is 11.4. The van der Waals surface area contributed by atoms with Crippen molar-refractivity contribution in [3.05, 3.63) is 64.1 Å². The number of rotatable bonds is 2. The van der Waals surface area contributed by atoms with Crippen LogP contribution < -0.4 is 10.3 Å². The fourth-order valence-electron chi connectivity index (χ4n) is 2.38. The lowest BCUT2D eigenvalue weighted by Gasteiger charge is -2.12. The van der Waals surface area contributed by atoms with Gasteiger partial charge in [0.15, 0.2) is 0 Å². The lowest BCUT2D eigenvalue weighted by Crippen LogP contribution is -2.27. The fourth-order valence-corrected chi connectivity index (χ4v) is 2.38. The maximum absolute atomic E-state index is 11.6. The maximum Gasteiger partial charge on any atom is 0.250 e. The first-order valence-corrected chi connectivity index (χ1v) is 6.14. The van der Waals surface area contributed by atoms with Crippen LogP contribution in [0.25, 0.3) is 0 Å². The summed E-state index contributed by atoms with van der Waals surface area (Å²) in [5.41, 5.74) is 2.51. The highest BCUT2D eigenvalue weighted by molar-refractivity contribution is 5.40. The monoisotopic (exact) mass is 241 g/mol. The predicted molar refractivity (Wildman–Crippen MR) is 70.0 cm³/mol. The maximum atomic E-state index is 11.6. The smallest absolute Gasteiger partial charge is 0.250 e. The molecule has 1 aliphatic heterocycles. The van der Waals surface area contributed by atoms with Crippen LogP contribution in [0.2, 0.25) is 0 Å². The lowest BCUT2D eigenvalue weighted by atomic mass is 10.1. The Bertz CT molecular complexity index is 630. The van der Waals surface area contributed by atoms with Crippen LogP contribution in [0.15, 0.2) is 47.4 Å². The Morgan fingerprint density at radius 1 is 1.33 bits per heavy atom. The molecule has 0 saturated carbocycles. The number of benzene rings is 1. The highest BCUT2D eigenvalue weighted by atomic mass is 16.5. The Balaban J connectivity index is 1.79. The second-order valence-electron chi connectivity index (χ2n) is 4.75. The molecule has 0 aliphatic carbocycles. The van der Waals surface area contributed by atoms with Crippen LogP contribution in [-0.2, 0) is 13.0 Å². The molecule has 1 aliphatic rings. The SMILES string of the molecule is Cc1ccc2c(c1)CC(Cn1ccccc1=O)O2. The van der Waals surface area contributed by atoms with Crippen molar-refractivity contribution >= 4 is 0 Å². The van der Waals surface area contributed by atoms with Crippen LogP contribution in [0.1, 0.15) is 11.1 Å². The summed E-state index contributed by atoms with van der Waals surface area (Å²) in [5, 5.41) is 0. The van der Waals surface area contributed by atoms with Crippen LogP contribution >= 0.6 is 0 Å². The van der Waals surface area contributed by atoms with E-state index in [0.717, 1.165) is 12.2 Å². The molecule has 0 fully saturated rings. The molecule has 18 heavy (non-hydrogen) atoms. The molecule has 1 aromatic carbocycles. The molecule has 2 heterocycles. The summed E-state index contributed by atoms with van der Waals surface area (Å²) >= 11 is 0. The Morgan fingerprint density at radius 3 is 3.06 bits per heavy atom. The van der Waals surface area contributed by atoms with Gasteiger partial charge in [0.1, 0.15) is 11.9 Å². The van der Waals surface area contributed by atoms with E-state index in [9.17, 15) is 4.79 Å². The second kappa shape index (κ2) is 4.33. The third-order valence-electron chi connectivity index (χ3n) is 3.26. The van der Waals surface area contributed by atoms with Gasteiger partial charge in [-0.25, -0.2) is 0 Å². The average molecular weight is 241 g/mol. The van der Waals surface area contributed by atoms with E-state index in [4.69, 9.17) is 4.74 Å². The Labute approximate surface area is 106 Å². The van der Waals surface area contributed by atoms with E-state index in [-0.39, 0.29) is 11.7 Å². The standard InChI is InChI=1S/C15H15NO2/c1-11-5-6-14-12(8-11)9-13(18-14)10-16-7-3-2-4-15(16)17/h2-8,13H,9-10H2,1H3. The van der Waals surface area contributed by atoms with Gasteiger partial charge in [-0.05, 0) is 24.6 Å². The minimum Gasteiger partial charge on any atom is -0.488 e. The zero-order chi connectivity index (χ0) is 12.5. The summed E-state index contributed by atoms with van der Waals surface area (Å²) in [7, 11) is 0. The largest absolute Gasteiger partial charge is 0.488 e. The predicted octanol–water partition coefficient (Wildman–Crippen LogP) is 2.16. The summed E-state index contributed by atoms with van der Waals surface area (Å²) in [6.45, 7) is 2.68. The number of aryl methyl sites for hydroxylation is 1. The van der Waals surface area contributed by atoms with Gasteiger partial charge in [-0.1, -0.05) is 23.8 Å². The van der Waals surface area contributed by atoms with Gasteiger partial charge in [-0.2, -0.15) is 0 Å². The average Bonchev–Trinajstić information content (AvgIpc) is 2.73. The van der Waals surface area contributed by atoms with Crippen LogP contribution in [0.5, 0.6) is 5.75 Å². The van der Waals surface area contributed by atoms with Gasteiger partial charge in [0, 0.05) is 18.7 Å². The van der Waals surface area contributed by atoms with E-state index in [0.29, 0.717) is 6.54 Å². The van der Waals surface area contributed by atoms with E-state index in [2.05, 4.69) is 19.1 Å². The summed E-state index contributed by atoms with van der Waals surface area (Å²) in [5.74, 6) is 0.953. The first-order valence-electron chi connectivity index (χ1n) is 6.14.